The minimum atomic E-state index is 0.00858. The van der Waals surface area contributed by atoms with Crippen molar-refractivity contribution in [3.05, 3.63) is 35.2 Å². The van der Waals surface area contributed by atoms with Gasteiger partial charge in [0.25, 0.3) is 5.91 Å². The summed E-state index contributed by atoms with van der Waals surface area (Å²) in [7, 11) is 0. The Morgan fingerprint density at radius 2 is 1.80 bits per heavy atom. The molecule has 0 saturated heterocycles. The summed E-state index contributed by atoms with van der Waals surface area (Å²) in [5, 5.41) is 3.14. The number of fused-ring (bicyclic) bond motifs is 1. The maximum atomic E-state index is 12.5. The van der Waals surface area contributed by atoms with Crippen LogP contribution in [0.2, 0.25) is 0 Å². The smallest absolute Gasteiger partial charge is 0.261 e. The molecule has 0 unspecified atom stereocenters. The summed E-state index contributed by atoms with van der Waals surface area (Å²) in [5.74, 6) is 1.55. The first-order valence-corrected chi connectivity index (χ1v) is 9.57. The van der Waals surface area contributed by atoms with Crippen LogP contribution in [-0.2, 0) is 0 Å². The van der Waals surface area contributed by atoms with Crippen molar-refractivity contribution in [3.8, 4) is 21.9 Å². The molecule has 1 fully saturated rings. The fourth-order valence-corrected chi connectivity index (χ4v) is 4.24. The van der Waals surface area contributed by atoms with E-state index in [-0.39, 0.29) is 18.0 Å². The Bertz CT molecular complexity index is 766. The monoisotopic (exact) mass is 358 g/mol. The number of ether oxygens (including phenoxy) is 2. The van der Waals surface area contributed by atoms with Crippen LogP contribution in [0.15, 0.2) is 30.3 Å². The number of nitrogens with one attached hydrogen (secondary N) is 1. The highest BCUT2D eigenvalue weighted by atomic mass is 32.1. The van der Waals surface area contributed by atoms with Crippen molar-refractivity contribution in [3.63, 3.8) is 0 Å². The van der Waals surface area contributed by atoms with E-state index in [2.05, 4.69) is 5.32 Å². The van der Waals surface area contributed by atoms with Gasteiger partial charge in [0.05, 0.1) is 4.88 Å². The Morgan fingerprint density at radius 1 is 1.04 bits per heavy atom. The lowest BCUT2D eigenvalue weighted by Gasteiger charge is -2.26. The molecular formula is C19H22N2O3S. The lowest BCUT2D eigenvalue weighted by Crippen LogP contribution is -2.40. The SMILES string of the molecule is NC1CCC(NC(=O)c2ccc(-c3ccc4c(c3)OCCO4)s2)CC1. The summed E-state index contributed by atoms with van der Waals surface area (Å²) in [4.78, 5) is 14.3. The Labute approximate surface area is 151 Å². The van der Waals surface area contributed by atoms with Crippen LogP contribution in [0.5, 0.6) is 11.5 Å². The molecule has 25 heavy (non-hydrogen) atoms. The first-order valence-electron chi connectivity index (χ1n) is 8.75. The number of carbonyl (C=O) groups excluding carboxylic acids is 1. The highest BCUT2D eigenvalue weighted by Gasteiger charge is 2.21. The molecule has 1 aliphatic carbocycles. The zero-order valence-electron chi connectivity index (χ0n) is 14.0. The zero-order valence-corrected chi connectivity index (χ0v) is 14.8. The van der Waals surface area contributed by atoms with Gasteiger partial charge in [-0.2, -0.15) is 0 Å². The van der Waals surface area contributed by atoms with E-state index in [0.717, 1.165) is 52.5 Å². The molecule has 0 spiro atoms. The van der Waals surface area contributed by atoms with E-state index < -0.39 is 0 Å². The van der Waals surface area contributed by atoms with Gasteiger partial charge in [-0.15, -0.1) is 11.3 Å². The summed E-state index contributed by atoms with van der Waals surface area (Å²) in [6.45, 7) is 1.15. The third kappa shape index (κ3) is 3.65. The van der Waals surface area contributed by atoms with E-state index in [9.17, 15) is 4.79 Å². The molecule has 3 N–H and O–H groups in total. The van der Waals surface area contributed by atoms with E-state index in [1.807, 2.05) is 30.3 Å². The number of amides is 1. The number of rotatable bonds is 3. The number of hydrogen-bond donors (Lipinski definition) is 2. The Morgan fingerprint density at radius 3 is 2.60 bits per heavy atom. The summed E-state index contributed by atoms with van der Waals surface area (Å²) in [5.41, 5.74) is 6.96. The molecule has 1 amide bonds. The van der Waals surface area contributed by atoms with E-state index >= 15 is 0 Å². The second-order valence-electron chi connectivity index (χ2n) is 6.61. The molecule has 1 aromatic carbocycles. The van der Waals surface area contributed by atoms with Crippen LogP contribution in [-0.4, -0.2) is 31.2 Å². The third-order valence-electron chi connectivity index (χ3n) is 4.76. The average Bonchev–Trinajstić information content (AvgIpc) is 3.13. The fourth-order valence-electron chi connectivity index (χ4n) is 3.33. The molecular weight excluding hydrogens is 336 g/mol. The molecule has 0 radical (unpaired) electrons. The van der Waals surface area contributed by atoms with Gasteiger partial charge < -0.3 is 20.5 Å². The van der Waals surface area contributed by atoms with Crippen LogP contribution in [0, 0.1) is 0 Å². The van der Waals surface area contributed by atoms with Gasteiger partial charge in [0.1, 0.15) is 13.2 Å². The molecule has 1 aromatic heterocycles. The summed E-state index contributed by atoms with van der Waals surface area (Å²) < 4.78 is 11.2. The quantitative estimate of drug-likeness (QED) is 0.884. The van der Waals surface area contributed by atoms with Gasteiger partial charge in [-0.25, -0.2) is 0 Å². The molecule has 2 heterocycles. The van der Waals surface area contributed by atoms with Crippen LogP contribution in [0.3, 0.4) is 0 Å². The van der Waals surface area contributed by atoms with Crippen molar-refractivity contribution in [2.75, 3.05) is 13.2 Å². The molecule has 2 aromatic rings. The van der Waals surface area contributed by atoms with Crippen LogP contribution >= 0.6 is 11.3 Å². The molecule has 5 nitrogen and oxygen atoms in total. The average molecular weight is 358 g/mol. The normalized spacial score (nSPS) is 22.4. The Balaban J connectivity index is 1.45. The molecule has 6 heteroatoms. The minimum Gasteiger partial charge on any atom is -0.486 e. The fraction of sp³-hybridized carbons (Fsp3) is 0.421. The lowest BCUT2D eigenvalue weighted by atomic mass is 9.92. The number of benzene rings is 1. The van der Waals surface area contributed by atoms with Crippen LogP contribution < -0.4 is 20.5 Å². The molecule has 4 rings (SSSR count). The van der Waals surface area contributed by atoms with Gasteiger partial charge >= 0.3 is 0 Å². The highest BCUT2D eigenvalue weighted by Crippen LogP contribution is 2.37. The van der Waals surface area contributed by atoms with Gasteiger partial charge in [-0.3, -0.25) is 4.79 Å². The molecule has 1 saturated carbocycles. The maximum Gasteiger partial charge on any atom is 0.261 e. The first-order chi connectivity index (χ1) is 12.2. The van der Waals surface area contributed by atoms with Crippen molar-refractivity contribution in [1.82, 2.24) is 5.32 Å². The van der Waals surface area contributed by atoms with Gasteiger partial charge in [0.15, 0.2) is 11.5 Å². The second-order valence-corrected chi connectivity index (χ2v) is 7.69. The molecule has 0 bridgehead atoms. The topological polar surface area (TPSA) is 73.6 Å². The van der Waals surface area contributed by atoms with Crippen molar-refractivity contribution in [1.29, 1.82) is 0 Å². The number of nitrogens with two attached hydrogens (primary N) is 1. The van der Waals surface area contributed by atoms with Crippen LogP contribution in [0.25, 0.3) is 10.4 Å². The van der Waals surface area contributed by atoms with Gasteiger partial charge in [0.2, 0.25) is 0 Å². The third-order valence-corrected chi connectivity index (χ3v) is 5.90. The van der Waals surface area contributed by atoms with E-state index in [4.69, 9.17) is 15.2 Å². The maximum absolute atomic E-state index is 12.5. The lowest BCUT2D eigenvalue weighted by molar-refractivity contribution is 0.0930. The van der Waals surface area contributed by atoms with Crippen molar-refractivity contribution >= 4 is 17.2 Å². The second kappa shape index (κ2) is 7.06. The minimum absolute atomic E-state index is 0.00858. The predicted octanol–water partition coefficient (Wildman–Crippen LogP) is 3.19. The highest BCUT2D eigenvalue weighted by molar-refractivity contribution is 7.17. The van der Waals surface area contributed by atoms with Gasteiger partial charge in [-0.1, -0.05) is 0 Å². The van der Waals surface area contributed by atoms with E-state index in [1.54, 1.807) is 0 Å². The van der Waals surface area contributed by atoms with Crippen LogP contribution in [0.1, 0.15) is 35.4 Å². The largest absolute Gasteiger partial charge is 0.486 e. The summed E-state index contributed by atoms with van der Waals surface area (Å²) in [6.07, 6.45) is 3.90. The number of hydrogen-bond acceptors (Lipinski definition) is 5. The standard InChI is InChI=1S/C19H22N2O3S/c20-13-2-4-14(5-3-13)21-19(22)18-8-7-17(25-18)12-1-6-15-16(11-12)24-10-9-23-15/h1,6-8,11,13-14H,2-5,9-10,20H2,(H,21,22). The number of thiophene rings is 1. The van der Waals surface area contributed by atoms with Crippen molar-refractivity contribution < 1.29 is 14.3 Å². The van der Waals surface area contributed by atoms with Gasteiger partial charge in [-0.05, 0) is 61.6 Å². The van der Waals surface area contributed by atoms with Crippen molar-refractivity contribution in [2.24, 2.45) is 5.73 Å². The Hall–Kier alpha value is -2.05. The van der Waals surface area contributed by atoms with Crippen LogP contribution in [0.4, 0.5) is 0 Å². The summed E-state index contributed by atoms with van der Waals surface area (Å²) >= 11 is 1.50. The Kier molecular flexibility index (Phi) is 4.63. The van der Waals surface area contributed by atoms with Gasteiger partial charge in [0, 0.05) is 17.0 Å². The molecule has 2 aliphatic rings. The molecule has 132 valence electrons. The molecule has 1 aliphatic heterocycles. The number of carbonyl (C=O) groups is 1. The predicted molar refractivity (Wildman–Crippen MR) is 98.4 cm³/mol. The van der Waals surface area contributed by atoms with E-state index in [1.165, 1.54) is 11.3 Å². The first kappa shape index (κ1) is 16.4. The zero-order chi connectivity index (χ0) is 17.2. The van der Waals surface area contributed by atoms with E-state index in [0.29, 0.717) is 13.2 Å². The summed E-state index contributed by atoms with van der Waals surface area (Å²) in [6, 6.07) is 10.3. The van der Waals surface area contributed by atoms with Crippen molar-refractivity contribution in [2.45, 2.75) is 37.8 Å². The molecule has 0 atom stereocenters.